The van der Waals surface area contributed by atoms with E-state index >= 15 is 0 Å². The van der Waals surface area contributed by atoms with Crippen LogP contribution in [0.3, 0.4) is 0 Å². The van der Waals surface area contributed by atoms with Gasteiger partial charge in [-0.2, -0.15) is 0 Å². The van der Waals surface area contributed by atoms with Crippen molar-refractivity contribution < 1.29 is 14.3 Å². The first-order chi connectivity index (χ1) is 13.5. The molecule has 29 heavy (non-hydrogen) atoms. The highest BCUT2D eigenvalue weighted by atomic mass is 35.5. The summed E-state index contributed by atoms with van der Waals surface area (Å²) in [7, 11) is 0. The average Bonchev–Trinajstić information content (AvgIpc) is 3.05. The number of hydrogen-bond donors (Lipinski definition) is 1. The first-order valence-electron chi connectivity index (χ1n) is 9.68. The summed E-state index contributed by atoms with van der Waals surface area (Å²) in [4.78, 5) is 27.4. The molecule has 154 valence electrons. The molecule has 2 aromatic rings. The first-order valence-corrected chi connectivity index (χ1v) is 10.1. The minimum atomic E-state index is -1.09. The quantitative estimate of drug-likeness (QED) is 0.759. The molecule has 0 radical (unpaired) electrons. The van der Waals surface area contributed by atoms with Crippen molar-refractivity contribution in [2.45, 2.75) is 46.6 Å². The highest BCUT2D eigenvalue weighted by Gasteiger charge is 2.33. The summed E-state index contributed by atoms with van der Waals surface area (Å²) in [5.41, 5.74) is 1.05. The maximum absolute atomic E-state index is 12.8. The normalized spacial score (nSPS) is 13.8. The van der Waals surface area contributed by atoms with Gasteiger partial charge in [-0.1, -0.05) is 38.4 Å². The predicted molar refractivity (Wildman–Crippen MR) is 117 cm³/mol. The van der Waals surface area contributed by atoms with Crippen LogP contribution in [0.2, 0.25) is 5.02 Å². The van der Waals surface area contributed by atoms with Crippen LogP contribution in [0.15, 0.2) is 42.5 Å². The van der Waals surface area contributed by atoms with Crippen molar-refractivity contribution >= 4 is 34.8 Å². The van der Waals surface area contributed by atoms with Crippen LogP contribution in [0.5, 0.6) is 5.75 Å². The van der Waals surface area contributed by atoms with Crippen molar-refractivity contribution in [2.24, 2.45) is 5.41 Å². The van der Waals surface area contributed by atoms with E-state index in [2.05, 4.69) is 5.32 Å². The second kappa shape index (κ2) is 7.71. The molecular formula is C23H27ClN2O3. The lowest BCUT2D eigenvalue weighted by Gasteiger charge is -2.27. The Labute approximate surface area is 177 Å². The van der Waals surface area contributed by atoms with Gasteiger partial charge in [0.2, 0.25) is 5.91 Å². The molecule has 3 rings (SSSR count). The molecule has 2 aromatic carbocycles. The zero-order valence-electron chi connectivity index (χ0n) is 17.5. The Balaban J connectivity index is 1.76. The standard InChI is InChI=1S/C23H27ClN2O3/c1-22(2,3)21(28)26-13-12-15-6-9-17(14-19(15)26)25-20(27)23(4,5)29-18-10-7-16(24)8-11-18/h6-11,14H,12-13H2,1-5H3,(H,25,27). The lowest BCUT2D eigenvalue weighted by atomic mass is 9.94. The summed E-state index contributed by atoms with van der Waals surface area (Å²) >= 11 is 5.90. The summed E-state index contributed by atoms with van der Waals surface area (Å²) in [6.07, 6.45) is 0.816. The smallest absolute Gasteiger partial charge is 0.267 e. The number of halogens is 1. The number of fused-ring (bicyclic) bond motifs is 1. The maximum Gasteiger partial charge on any atom is 0.267 e. The number of carbonyl (C=O) groups is 2. The Morgan fingerprint density at radius 3 is 2.31 bits per heavy atom. The van der Waals surface area contributed by atoms with Gasteiger partial charge >= 0.3 is 0 Å². The van der Waals surface area contributed by atoms with E-state index < -0.39 is 11.0 Å². The third kappa shape index (κ3) is 4.73. The maximum atomic E-state index is 12.8. The monoisotopic (exact) mass is 414 g/mol. The molecule has 0 fully saturated rings. The number of amides is 2. The number of nitrogens with zero attached hydrogens (tertiary/aromatic N) is 1. The van der Waals surface area contributed by atoms with E-state index in [4.69, 9.17) is 16.3 Å². The molecule has 0 saturated heterocycles. The minimum absolute atomic E-state index is 0.0751. The molecule has 0 unspecified atom stereocenters. The molecule has 1 N–H and O–H groups in total. The average molecular weight is 415 g/mol. The van der Waals surface area contributed by atoms with Gasteiger partial charge in [-0.15, -0.1) is 0 Å². The molecule has 1 aliphatic heterocycles. The number of ether oxygens (including phenoxy) is 1. The lowest BCUT2D eigenvalue weighted by Crippen LogP contribution is -2.42. The van der Waals surface area contributed by atoms with Crippen LogP contribution in [0.1, 0.15) is 40.2 Å². The van der Waals surface area contributed by atoms with Crippen molar-refractivity contribution in [2.75, 3.05) is 16.8 Å². The third-order valence-electron chi connectivity index (χ3n) is 4.86. The molecule has 6 heteroatoms. The SMILES string of the molecule is CC(C)(C)C(=O)N1CCc2ccc(NC(=O)C(C)(C)Oc3ccc(Cl)cc3)cc21. The molecule has 0 spiro atoms. The summed E-state index contributed by atoms with van der Waals surface area (Å²) in [5.74, 6) is 0.357. The van der Waals surface area contributed by atoms with Crippen LogP contribution in [-0.4, -0.2) is 24.0 Å². The van der Waals surface area contributed by atoms with E-state index in [1.54, 1.807) is 43.0 Å². The summed E-state index contributed by atoms with van der Waals surface area (Å²) in [5, 5.41) is 3.52. The van der Waals surface area contributed by atoms with Gasteiger partial charge in [-0.3, -0.25) is 9.59 Å². The third-order valence-corrected chi connectivity index (χ3v) is 5.11. The Bertz CT molecular complexity index is 930. The van der Waals surface area contributed by atoms with Crippen LogP contribution < -0.4 is 15.0 Å². The molecule has 0 saturated carbocycles. The van der Waals surface area contributed by atoms with E-state index in [1.165, 1.54) is 0 Å². The van der Waals surface area contributed by atoms with Gasteiger partial charge in [0, 0.05) is 28.4 Å². The zero-order valence-corrected chi connectivity index (χ0v) is 18.3. The van der Waals surface area contributed by atoms with Crippen molar-refractivity contribution in [3.8, 4) is 5.75 Å². The molecule has 1 aliphatic rings. The van der Waals surface area contributed by atoms with Crippen LogP contribution in [0.4, 0.5) is 11.4 Å². The van der Waals surface area contributed by atoms with Gasteiger partial charge in [0.25, 0.3) is 5.91 Å². The lowest BCUT2D eigenvalue weighted by molar-refractivity contribution is -0.128. The Hall–Kier alpha value is -2.53. The van der Waals surface area contributed by atoms with Gasteiger partial charge in [0.1, 0.15) is 5.75 Å². The molecule has 2 amide bonds. The van der Waals surface area contributed by atoms with Crippen molar-refractivity contribution in [1.29, 1.82) is 0 Å². The number of rotatable bonds is 4. The first kappa shape index (κ1) is 21.2. The Morgan fingerprint density at radius 1 is 1.03 bits per heavy atom. The van der Waals surface area contributed by atoms with Crippen LogP contribution >= 0.6 is 11.6 Å². The fraction of sp³-hybridized carbons (Fsp3) is 0.391. The summed E-state index contributed by atoms with van der Waals surface area (Å²) < 4.78 is 5.85. The second-order valence-corrected chi connectivity index (χ2v) is 9.26. The largest absolute Gasteiger partial charge is 0.478 e. The van der Waals surface area contributed by atoms with Crippen molar-refractivity contribution in [1.82, 2.24) is 0 Å². The fourth-order valence-electron chi connectivity index (χ4n) is 3.20. The predicted octanol–water partition coefficient (Wildman–Crippen LogP) is 5.07. The summed E-state index contributed by atoms with van der Waals surface area (Å²) in [6.45, 7) is 9.81. The number of carbonyl (C=O) groups excluding carboxylic acids is 2. The number of anilines is 2. The van der Waals surface area contributed by atoms with Crippen LogP contribution in [0, 0.1) is 5.41 Å². The topological polar surface area (TPSA) is 58.6 Å². The van der Waals surface area contributed by atoms with Crippen molar-refractivity contribution in [3.63, 3.8) is 0 Å². The number of benzene rings is 2. The van der Waals surface area contributed by atoms with Gasteiger partial charge in [0.05, 0.1) is 0 Å². The van der Waals surface area contributed by atoms with E-state index in [0.717, 1.165) is 17.7 Å². The molecule has 0 atom stereocenters. The molecule has 5 nitrogen and oxygen atoms in total. The zero-order chi connectivity index (χ0) is 21.4. The molecular weight excluding hydrogens is 388 g/mol. The van der Waals surface area contributed by atoms with Gasteiger partial charge in [-0.05, 0) is 62.2 Å². The van der Waals surface area contributed by atoms with Crippen LogP contribution in [-0.2, 0) is 16.0 Å². The molecule has 0 aromatic heterocycles. The second-order valence-electron chi connectivity index (χ2n) is 8.82. The number of nitrogens with one attached hydrogen (secondary N) is 1. The van der Waals surface area contributed by atoms with E-state index in [9.17, 15) is 9.59 Å². The number of hydrogen-bond acceptors (Lipinski definition) is 3. The summed E-state index contributed by atoms with van der Waals surface area (Å²) in [6, 6.07) is 12.6. The highest BCUT2D eigenvalue weighted by Crippen LogP contribution is 2.34. The minimum Gasteiger partial charge on any atom is -0.478 e. The van der Waals surface area contributed by atoms with Gasteiger partial charge in [0.15, 0.2) is 5.60 Å². The van der Waals surface area contributed by atoms with Crippen LogP contribution in [0.25, 0.3) is 0 Å². The van der Waals surface area contributed by atoms with Crippen molar-refractivity contribution in [3.05, 3.63) is 53.1 Å². The van der Waals surface area contributed by atoms with E-state index in [-0.39, 0.29) is 11.8 Å². The molecule has 0 aliphatic carbocycles. The Kier molecular flexibility index (Phi) is 5.63. The molecule has 1 heterocycles. The molecule has 0 bridgehead atoms. The van der Waals surface area contributed by atoms with E-state index in [1.807, 2.05) is 39.0 Å². The fourth-order valence-corrected chi connectivity index (χ4v) is 3.32. The highest BCUT2D eigenvalue weighted by molar-refractivity contribution is 6.30. The van der Waals surface area contributed by atoms with Gasteiger partial charge < -0.3 is 15.0 Å². The van der Waals surface area contributed by atoms with E-state index in [0.29, 0.717) is 23.0 Å². The Morgan fingerprint density at radius 2 is 1.69 bits per heavy atom. The van der Waals surface area contributed by atoms with Gasteiger partial charge in [-0.25, -0.2) is 0 Å².